The summed E-state index contributed by atoms with van der Waals surface area (Å²) in [5.41, 5.74) is 2.95. The quantitative estimate of drug-likeness (QED) is 0.867. The third kappa shape index (κ3) is 3.58. The van der Waals surface area contributed by atoms with Crippen molar-refractivity contribution in [2.45, 2.75) is 38.6 Å². The van der Waals surface area contributed by atoms with E-state index in [1.165, 1.54) is 69.7 Å². The van der Waals surface area contributed by atoms with E-state index in [-0.39, 0.29) is 0 Å². The van der Waals surface area contributed by atoms with E-state index in [1.807, 2.05) is 0 Å². The third-order valence-corrected chi connectivity index (χ3v) is 4.87. The van der Waals surface area contributed by atoms with E-state index in [4.69, 9.17) is 0 Å². The SMILES string of the molecule is CCCNC1CCN(CCN2CCCC2)c2ccccc21. The fourth-order valence-electron chi connectivity index (χ4n) is 3.66. The zero-order valence-corrected chi connectivity index (χ0v) is 13.4. The smallest absolute Gasteiger partial charge is 0.0415 e. The lowest BCUT2D eigenvalue weighted by atomic mass is 9.96. The first-order valence-corrected chi connectivity index (χ1v) is 8.68. The molecule has 2 aliphatic rings. The number of para-hydroxylation sites is 1. The normalized spacial score (nSPS) is 22.5. The summed E-state index contributed by atoms with van der Waals surface area (Å²) in [6, 6.07) is 9.53. The number of benzene rings is 1. The zero-order chi connectivity index (χ0) is 14.5. The van der Waals surface area contributed by atoms with Crippen molar-refractivity contribution in [2.24, 2.45) is 0 Å². The average Bonchev–Trinajstić information content (AvgIpc) is 3.04. The Kier molecular flexibility index (Phi) is 5.15. The van der Waals surface area contributed by atoms with Gasteiger partial charge in [0, 0.05) is 31.4 Å². The van der Waals surface area contributed by atoms with Crippen LogP contribution in [0.5, 0.6) is 0 Å². The van der Waals surface area contributed by atoms with E-state index in [2.05, 4.69) is 46.3 Å². The van der Waals surface area contributed by atoms with Crippen molar-refractivity contribution in [3.63, 3.8) is 0 Å². The summed E-state index contributed by atoms with van der Waals surface area (Å²) >= 11 is 0. The van der Waals surface area contributed by atoms with E-state index in [9.17, 15) is 0 Å². The minimum Gasteiger partial charge on any atom is -0.370 e. The van der Waals surface area contributed by atoms with Crippen LogP contribution in [-0.4, -0.2) is 44.2 Å². The highest BCUT2D eigenvalue weighted by atomic mass is 15.2. The molecule has 0 saturated carbocycles. The monoisotopic (exact) mass is 287 g/mol. The van der Waals surface area contributed by atoms with Gasteiger partial charge in [-0.1, -0.05) is 25.1 Å². The molecule has 116 valence electrons. The number of hydrogen-bond acceptors (Lipinski definition) is 3. The standard InChI is InChI=1S/C18H29N3/c1-2-10-19-17-9-13-21(15-14-20-11-5-6-12-20)18-8-4-3-7-16(17)18/h3-4,7-8,17,19H,2,5-6,9-15H2,1H3. The maximum atomic E-state index is 3.71. The molecule has 0 bridgehead atoms. The van der Waals surface area contributed by atoms with Crippen LogP contribution < -0.4 is 10.2 Å². The van der Waals surface area contributed by atoms with Gasteiger partial charge < -0.3 is 15.1 Å². The first-order valence-electron chi connectivity index (χ1n) is 8.68. The number of rotatable bonds is 6. The van der Waals surface area contributed by atoms with Gasteiger partial charge in [-0.15, -0.1) is 0 Å². The Morgan fingerprint density at radius 3 is 2.71 bits per heavy atom. The van der Waals surface area contributed by atoms with Crippen molar-refractivity contribution in [3.8, 4) is 0 Å². The highest BCUT2D eigenvalue weighted by Crippen LogP contribution is 2.33. The van der Waals surface area contributed by atoms with Crippen LogP contribution in [0.15, 0.2) is 24.3 Å². The predicted octanol–water partition coefficient (Wildman–Crippen LogP) is 3.03. The van der Waals surface area contributed by atoms with Crippen molar-refractivity contribution >= 4 is 5.69 Å². The molecule has 1 atom stereocenters. The van der Waals surface area contributed by atoms with Crippen LogP contribution >= 0.6 is 0 Å². The van der Waals surface area contributed by atoms with E-state index >= 15 is 0 Å². The number of fused-ring (bicyclic) bond motifs is 1. The molecule has 2 heterocycles. The summed E-state index contributed by atoms with van der Waals surface area (Å²) in [5.74, 6) is 0. The third-order valence-electron chi connectivity index (χ3n) is 4.87. The van der Waals surface area contributed by atoms with Gasteiger partial charge in [-0.2, -0.15) is 0 Å². The van der Waals surface area contributed by atoms with Crippen LogP contribution in [0, 0.1) is 0 Å². The number of nitrogens with zero attached hydrogens (tertiary/aromatic N) is 2. The van der Waals surface area contributed by atoms with Gasteiger partial charge in [0.2, 0.25) is 0 Å². The molecular weight excluding hydrogens is 258 g/mol. The Balaban J connectivity index is 1.65. The molecule has 3 rings (SSSR count). The van der Waals surface area contributed by atoms with Gasteiger partial charge in [0.1, 0.15) is 0 Å². The summed E-state index contributed by atoms with van der Waals surface area (Å²) in [7, 11) is 0. The van der Waals surface area contributed by atoms with Crippen molar-refractivity contribution in [2.75, 3.05) is 44.2 Å². The molecular formula is C18H29N3. The molecule has 1 unspecified atom stereocenters. The van der Waals surface area contributed by atoms with E-state index < -0.39 is 0 Å². The van der Waals surface area contributed by atoms with Crippen LogP contribution in [0.2, 0.25) is 0 Å². The Labute approximate surface area is 129 Å². The number of hydrogen-bond donors (Lipinski definition) is 1. The van der Waals surface area contributed by atoms with Crippen LogP contribution in [-0.2, 0) is 0 Å². The minimum atomic E-state index is 0.546. The lowest BCUT2D eigenvalue weighted by Crippen LogP contribution is -2.40. The number of anilines is 1. The molecule has 1 fully saturated rings. The molecule has 3 nitrogen and oxygen atoms in total. The van der Waals surface area contributed by atoms with Crippen molar-refractivity contribution in [1.82, 2.24) is 10.2 Å². The summed E-state index contributed by atoms with van der Waals surface area (Å²) < 4.78 is 0. The lowest BCUT2D eigenvalue weighted by Gasteiger charge is -2.37. The van der Waals surface area contributed by atoms with Crippen molar-refractivity contribution < 1.29 is 0 Å². The number of likely N-dealkylation sites (tertiary alicyclic amines) is 1. The zero-order valence-electron chi connectivity index (χ0n) is 13.4. The maximum Gasteiger partial charge on any atom is 0.0415 e. The highest BCUT2D eigenvalue weighted by Gasteiger charge is 2.24. The van der Waals surface area contributed by atoms with Gasteiger partial charge in [-0.3, -0.25) is 0 Å². The molecule has 1 aromatic carbocycles. The average molecular weight is 287 g/mol. The Hall–Kier alpha value is -1.06. The van der Waals surface area contributed by atoms with Gasteiger partial charge in [-0.05, 0) is 56.9 Å². The molecule has 2 aliphatic heterocycles. The molecule has 0 aromatic heterocycles. The first-order chi connectivity index (χ1) is 10.4. The minimum absolute atomic E-state index is 0.546. The Bertz CT molecular complexity index is 440. The summed E-state index contributed by atoms with van der Waals surface area (Å²) in [6.45, 7) is 9.55. The molecule has 1 N–H and O–H groups in total. The van der Waals surface area contributed by atoms with E-state index in [0.717, 1.165) is 6.54 Å². The van der Waals surface area contributed by atoms with Crippen molar-refractivity contribution in [1.29, 1.82) is 0 Å². The van der Waals surface area contributed by atoms with Crippen LogP contribution in [0.3, 0.4) is 0 Å². The fraction of sp³-hybridized carbons (Fsp3) is 0.667. The van der Waals surface area contributed by atoms with Crippen LogP contribution in [0.1, 0.15) is 44.2 Å². The van der Waals surface area contributed by atoms with Crippen LogP contribution in [0.25, 0.3) is 0 Å². The van der Waals surface area contributed by atoms with E-state index in [1.54, 1.807) is 0 Å². The second kappa shape index (κ2) is 7.28. The molecule has 1 aromatic rings. The highest BCUT2D eigenvalue weighted by molar-refractivity contribution is 5.57. The summed E-state index contributed by atoms with van der Waals surface area (Å²) in [5, 5.41) is 3.71. The lowest BCUT2D eigenvalue weighted by molar-refractivity contribution is 0.341. The second-order valence-electron chi connectivity index (χ2n) is 6.39. The molecule has 0 amide bonds. The van der Waals surface area contributed by atoms with E-state index in [0.29, 0.717) is 6.04 Å². The predicted molar refractivity (Wildman–Crippen MR) is 90.0 cm³/mol. The van der Waals surface area contributed by atoms with Crippen molar-refractivity contribution in [3.05, 3.63) is 29.8 Å². The molecule has 0 spiro atoms. The topological polar surface area (TPSA) is 18.5 Å². The van der Waals surface area contributed by atoms with Gasteiger partial charge in [0.15, 0.2) is 0 Å². The first kappa shape index (κ1) is 14.9. The summed E-state index contributed by atoms with van der Waals surface area (Å²) in [4.78, 5) is 5.21. The fourth-order valence-corrected chi connectivity index (χ4v) is 3.66. The molecule has 0 aliphatic carbocycles. The van der Waals surface area contributed by atoms with Gasteiger partial charge >= 0.3 is 0 Å². The van der Waals surface area contributed by atoms with Gasteiger partial charge in [0.05, 0.1) is 0 Å². The Morgan fingerprint density at radius 1 is 1.10 bits per heavy atom. The summed E-state index contributed by atoms with van der Waals surface area (Å²) in [6.07, 6.45) is 5.22. The number of nitrogens with one attached hydrogen (secondary N) is 1. The molecule has 0 radical (unpaired) electrons. The largest absolute Gasteiger partial charge is 0.370 e. The molecule has 1 saturated heterocycles. The Morgan fingerprint density at radius 2 is 1.90 bits per heavy atom. The molecule has 3 heteroatoms. The van der Waals surface area contributed by atoms with Crippen LogP contribution in [0.4, 0.5) is 5.69 Å². The second-order valence-corrected chi connectivity index (χ2v) is 6.39. The molecule has 21 heavy (non-hydrogen) atoms. The van der Waals surface area contributed by atoms with Gasteiger partial charge in [0.25, 0.3) is 0 Å². The maximum absolute atomic E-state index is 3.71. The van der Waals surface area contributed by atoms with Gasteiger partial charge in [-0.25, -0.2) is 0 Å².